The second kappa shape index (κ2) is 11.5. The summed E-state index contributed by atoms with van der Waals surface area (Å²) in [6.07, 6.45) is 5.66. The highest BCUT2D eigenvalue weighted by molar-refractivity contribution is 5.79. The standard InChI is InChI=1S/C29H35FN4O3/c1-2-37-29(36)22-6-5-13-33(19-22)26-10-14-32(15-11-26)18-23-16-21-8-9-24(30)17-27(21)34(28(23)35)20-25-7-3-4-12-31-25/h3-4,7-9,12,16-17,22,26H,2,5-6,10-11,13-15,18-20H2,1H3/t22-/m0/s1. The highest BCUT2D eigenvalue weighted by Crippen LogP contribution is 2.25. The maximum atomic E-state index is 14.1. The molecule has 0 aliphatic carbocycles. The van der Waals surface area contributed by atoms with Crippen LogP contribution in [0.1, 0.15) is 43.9 Å². The summed E-state index contributed by atoms with van der Waals surface area (Å²) in [4.78, 5) is 35.0. The van der Waals surface area contributed by atoms with Crippen LogP contribution in [0.5, 0.6) is 0 Å². The van der Waals surface area contributed by atoms with Gasteiger partial charge in [-0.3, -0.25) is 24.4 Å². The lowest BCUT2D eigenvalue weighted by atomic mass is 9.94. The van der Waals surface area contributed by atoms with E-state index in [1.807, 2.05) is 31.2 Å². The Hall–Kier alpha value is -3.10. The molecule has 2 aliphatic heterocycles. The molecule has 2 saturated heterocycles. The van der Waals surface area contributed by atoms with E-state index in [-0.39, 0.29) is 23.3 Å². The van der Waals surface area contributed by atoms with Gasteiger partial charge in [-0.25, -0.2) is 4.39 Å². The lowest BCUT2D eigenvalue weighted by molar-refractivity contribution is -0.150. The lowest BCUT2D eigenvalue weighted by Crippen LogP contribution is -2.49. The number of benzene rings is 1. The summed E-state index contributed by atoms with van der Waals surface area (Å²) in [5.41, 5.74) is 1.96. The van der Waals surface area contributed by atoms with Crippen LogP contribution in [0, 0.1) is 11.7 Å². The molecular formula is C29H35FN4O3. The summed E-state index contributed by atoms with van der Waals surface area (Å²) in [5, 5.41) is 0.847. The number of halogens is 1. The quantitative estimate of drug-likeness (QED) is 0.454. The summed E-state index contributed by atoms with van der Waals surface area (Å²) in [7, 11) is 0. The van der Waals surface area contributed by atoms with Gasteiger partial charge < -0.3 is 9.30 Å². The minimum Gasteiger partial charge on any atom is -0.466 e. The molecule has 1 aromatic carbocycles. The molecule has 8 heteroatoms. The summed E-state index contributed by atoms with van der Waals surface area (Å²) in [6, 6.07) is 12.6. The van der Waals surface area contributed by atoms with Gasteiger partial charge in [-0.1, -0.05) is 6.07 Å². The Bertz CT molecular complexity index is 1290. The Balaban J connectivity index is 1.29. The van der Waals surface area contributed by atoms with Crippen molar-refractivity contribution in [3.05, 3.63) is 76.1 Å². The predicted molar refractivity (Wildman–Crippen MR) is 141 cm³/mol. The summed E-state index contributed by atoms with van der Waals surface area (Å²) < 4.78 is 21.0. The number of piperidine rings is 2. The molecule has 0 unspecified atom stereocenters. The molecule has 0 saturated carbocycles. The molecule has 0 amide bonds. The number of hydrogen-bond donors (Lipinski definition) is 0. The van der Waals surface area contributed by atoms with Crippen molar-refractivity contribution in [3.63, 3.8) is 0 Å². The van der Waals surface area contributed by atoms with E-state index in [1.54, 1.807) is 16.8 Å². The van der Waals surface area contributed by atoms with Crippen molar-refractivity contribution in [3.8, 4) is 0 Å². The lowest BCUT2D eigenvalue weighted by Gasteiger charge is -2.41. The van der Waals surface area contributed by atoms with Crippen molar-refractivity contribution in [2.75, 3.05) is 32.8 Å². The zero-order valence-corrected chi connectivity index (χ0v) is 21.4. The number of esters is 1. The molecule has 3 aromatic rings. The first-order valence-electron chi connectivity index (χ1n) is 13.4. The third kappa shape index (κ3) is 5.91. The normalized spacial score (nSPS) is 19.8. The number of carbonyl (C=O) groups is 1. The van der Waals surface area contributed by atoms with E-state index in [2.05, 4.69) is 14.8 Å². The SMILES string of the molecule is CCOC(=O)[C@H]1CCCN(C2CCN(Cc3cc4ccc(F)cc4n(Cc4ccccn4)c3=O)CC2)C1. The van der Waals surface area contributed by atoms with E-state index in [0.717, 1.165) is 62.9 Å². The van der Waals surface area contributed by atoms with Crippen LogP contribution in [-0.2, 0) is 22.6 Å². The number of rotatable bonds is 7. The van der Waals surface area contributed by atoms with Gasteiger partial charge >= 0.3 is 5.97 Å². The summed E-state index contributed by atoms with van der Waals surface area (Å²) >= 11 is 0. The van der Waals surface area contributed by atoms with E-state index in [9.17, 15) is 14.0 Å². The van der Waals surface area contributed by atoms with Gasteiger partial charge in [0.15, 0.2) is 0 Å². The number of likely N-dealkylation sites (tertiary alicyclic amines) is 2. The van der Waals surface area contributed by atoms with Crippen molar-refractivity contribution in [2.24, 2.45) is 5.92 Å². The number of carbonyl (C=O) groups excluding carboxylic acids is 1. The Kier molecular flexibility index (Phi) is 7.96. The molecule has 37 heavy (non-hydrogen) atoms. The van der Waals surface area contributed by atoms with Gasteiger partial charge in [-0.15, -0.1) is 0 Å². The van der Waals surface area contributed by atoms with Gasteiger partial charge in [0.1, 0.15) is 5.82 Å². The van der Waals surface area contributed by atoms with Crippen LogP contribution in [0.4, 0.5) is 4.39 Å². The molecule has 5 rings (SSSR count). The molecule has 2 fully saturated rings. The molecule has 0 bridgehead atoms. The fraction of sp³-hybridized carbons (Fsp3) is 0.483. The molecule has 7 nitrogen and oxygen atoms in total. The number of nitrogens with zero attached hydrogens (tertiary/aromatic N) is 4. The Morgan fingerprint density at radius 3 is 2.68 bits per heavy atom. The predicted octanol–water partition coefficient (Wildman–Crippen LogP) is 3.82. The fourth-order valence-electron chi connectivity index (χ4n) is 5.80. The first-order chi connectivity index (χ1) is 18.0. The maximum absolute atomic E-state index is 14.1. The monoisotopic (exact) mass is 506 g/mol. The average Bonchev–Trinajstić information content (AvgIpc) is 2.92. The van der Waals surface area contributed by atoms with Crippen LogP contribution in [0.15, 0.2) is 53.5 Å². The maximum Gasteiger partial charge on any atom is 0.310 e. The van der Waals surface area contributed by atoms with Gasteiger partial charge in [-0.05, 0) is 94.0 Å². The first-order valence-corrected chi connectivity index (χ1v) is 13.4. The number of aromatic nitrogens is 2. The molecule has 0 spiro atoms. The van der Waals surface area contributed by atoms with Crippen molar-refractivity contribution >= 4 is 16.9 Å². The van der Waals surface area contributed by atoms with Crippen LogP contribution in [0.2, 0.25) is 0 Å². The van der Waals surface area contributed by atoms with Gasteiger partial charge in [0.05, 0.1) is 30.3 Å². The van der Waals surface area contributed by atoms with Crippen molar-refractivity contribution < 1.29 is 13.9 Å². The number of fused-ring (bicyclic) bond motifs is 1. The second-order valence-corrected chi connectivity index (χ2v) is 10.2. The van der Waals surface area contributed by atoms with E-state index in [0.29, 0.717) is 36.8 Å². The Labute approximate surface area is 216 Å². The Morgan fingerprint density at radius 1 is 1.08 bits per heavy atom. The number of ether oxygens (including phenoxy) is 1. The molecule has 0 radical (unpaired) electrons. The van der Waals surface area contributed by atoms with E-state index in [1.165, 1.54) is 12.1 Å². The summed E-state index contributed by atoms with van der Waals surface area (Å²) in [5.74, 6) is -0.450. The van der Waals surface area contributed by atoms with Crippen molar-refractivity contribution in [2.45, 2.75) is 51.7 Å². The van der Waals surface area contributed by atoms with Crippen LogP contribution < -0.4 is 5.56 Å². The summed E-state index contributed by atoms with van der Waals surface area (Å²) in [6.45, 7) is 6.75. The van der Waals surface area contributed by atoms with Gasteiger partial charge in [-0.2, -0.15) is 0 Å². The molecule has 1 atom stereocenters. The van der Waals surface area contributed by atoms with Crippen LogP contribution in [-0.4, -0.2) is 64.1 Å². The van der Waals surface area contributed by atoms with Crippen LogP contribution in [0.3, 0.4) is 0 Å². The zero-order chi connectivity index (χ0) is 25.8. The van der Waals surface area contributed by atoms with Crippen molar-refractivity contribution in [1.82, 2.24) is 19.4 Å². The van der Waals surface area contributed by atoms with E-state index in [4.69, 9.17) is 4.74 Å². The second-order valence-electron chi connectivity index (χ2n) is 10.2. The molecular weight excluding hydrogens is 471 g/mol. The fourth-order valence-corrected chi connectivity index (χ4v) is 5.80. The van der Waals surface area contributed by atoms with Gasteiger partial charge in [0.2, 0.25) is 0 Å². The highest BCUT2D eigenvalue weighted by Gasteiger charge is 2.32. The van der Waals surface area contributed by atoms with Gasteiger partial charge in [0, 0.05) is 30.9 Å². The number of hydrogen-bond acceptors (Lipinski definition) is 6. The third-order valence-corrected chi connectivity index (χ3v) is 7.72. The average molecular weight is 507 g/mol. The number of pyridine rings is 2. The van der Waals surface area contributed by atoms with E-state index < -0.39 is 0 Å². The molecule has 4 heterocycles. The topological polar surface area (TPSA) is 67.7 Å². The first kappa shape index (κ1) is 25.5. The van der Waals surface area contributed by atoms with Crippen molar-refractivity contribution in [1.29, 1.82) is 0 Å². The Morgan fingerprint density at radius 2 is 1.92 bits per heavy atom. The van der Waals surface area contributed by atoms with Crippen LogP contribution in [0.25, 0.3) is 10.9 Å². The minimum absolute atomic E-state index is 0.0215. The van der Waals surface area contributed by atoms with E-state index >= 15 is 0 Å². The van der Waals surface area contributed by atoms with Gasteiger partial charge in [0.25, 0.3) is 5.56 Å². The highest BCUT2D eigenvalue weighted by atomic mass is 19.1. The molecule has 196 valence electrons. The van der Waals surface area contributed by atoms with Crippen LogP contribution >= 0.6 is 0 Å². The minimum atomic E-state index is -0.362. The zero-order valence-electron chi connectivity index (χ0n) is 21.4. The third-order valence-electron chi connectivity index (χ3n) is 7.72. The molecule has 2 aromatic heterocycles. The molecule has 0 N–H and O–H groups in total. The molecule has 2 aliphatic rings. The smallest absolute Gasteiger partial charge is 0.310 e. The largest absolute Gasteiger partial charge is 0.466 e.